The van der Waals surface area contributed by atoms with Crippen LogP contribution in [0.2, 0.25) is 0 Å². The summed E-state index contributed by atoms with van der Waals surface area (Å²) in [6.07, 6.45) is 1.01. The van der Waals surface area contributed by atoms with Crippen LogP contribution in [0.25, 0.3) is 5.57 Å². The number of rotatable bonds is 6. The maximum atomic E-state index is 12.3. The Labute approximate surface area is 156 Å². The summed E-state index contributed by atoms with van der Waals surface area (Å²) in [6.45, 7) is 11.1. The molecule has 0 saturated carbocycles. The lowest BCUT2D eigenvalue weighted by Gasteiger charge is -2.27. The number of carbonyl (C=O) groups excluding carboxylic acids is 2. The van der Waals surface area contributed by atoms with Crippen LogP contribution in [-0.2, 0) is 9.53 Å². The first-order valence-corrected chi connectivity index (χ1v) is 8.54. The van der Waals surface area contributed by atoms with E-state index in [1.54, 1.807) is 27.9 Å². The highest BCUT2D eigenvalue weighted by Crippen LogP contribution is 2.25. The van der Waals surface area contributed by atoms with Gasteiger partial charge in [-0.1, -0.05) is 18.2 Å². The zero-order chi connectivity index (χ0) is 20.0. The van der Waals surface area contributed by atoms with E-state index < -0.39 is 17.2 Å². The summed E-state index contributed by atoms with van der Waals surface area (Å²) in [5.74, 6) is 0.462. The van der Waals surface area contributed by atoms with Crippen LogP contribution in [0, 0.1) is 0 Å². The van der Waals surface area contributed by atoms with Gasteiger partial charge in [0.1, 0.15) is 11.4 Å². The van der Waals surface area contributed by atoms with Gasteiger partial charge in [0.2, 0.25) is 5.91 Å². The molecule has 0 atom stereocenters. The van der Waals surface area contributed by atoms with E-state index in [9.17, 15) is 9.59 Å². The number of amides is 2. The van der Waals surface area contributed by atoms with Gasteiger partial charge >= 0.3 is 6.09 Å². The van der Waals surface area contributed by atoms with Gasteiger partial charge < -0.3 is 20.1 Å². The van der Waals surface area contributed by atoms with Gasteiger partial charge in [-0.25, -0.2) is 4.79 Å². The Bertz CT molecular complexity index is 673. The van der Waals surface area contributed by atoms with Crippen LogP contribution < -0.4 is 15.4 Å². The van der Waals surface area contributed by atoms with E-state index in [-0.39, 0.29) is 12.5 Å². The first-order valence-electron chi connectivity index (χ1n) is 8.54. The number of benzene rings is 1. The lowest BCUT2D eigenvalue weighted by molar-refractivity contribution is -0.117. The van der Waals surface area contributed by atoms with E-state index in [4.69, 9.17) is 9.47 Å². The maximum absolute atomic E-state index is 12.3. The summed E-state index contributed by atoms with van der Waals surface area (Å²) in [5, 5.41) is 5.56. The average molecular weight is 362 g/mol. The molecule has 6 nitrogen and oxygen atoms in total. The zero-order valence-electron chi connectivity index (χ0n) is 16.7. The second-order valence-electron chi connectivity index (χ2n) is 7.76. The number of ether oxygens (including phenoxy) is 2. The third-order valence-corrected chi connectivity index (χ3v) is 3.41. The third kappa shape index (κ3) is 7.59. The number of carbonyl (C=O) groups is 2. The fraction of sp³-hybridized carbons (Fsp3) is 0.500. The van der Waals surface area contributed by atoms with Gasteiger partial charge in [0.05, 0.1) is 12.6 Å². The van der Waals surface area contributed by atoms with Gasteiger partial charge in [0.25, 0.3) is 0 Å². The summed E-state index contributed by atoms with van der Waals surface area (Å²) >= 11 is 0. The molecule has 1 aromatic rings. The van der Waals surface area contributed by atoms with Crippen LogP contribution in [0.4, 0.5) is 4.79 Å². The minimum atomic E-state index is -0.633. The van der Waals surface area contributed by atoms with Gasteiger partial charge in [-0.05, 0) is 53.2 Å². The van der Waals surface area contributed by atoms with Crippen LogP contribution in [0.1, 0.15) is 47.1 Å². The summed E-state index contributed by atoms with van der Waals surface area (Å²) in [7, 11) is 1.59. The Hall–Kier alpha value is -2.50. The second-order valence-corrected chi connectivity index (χ2v) is 7.76. The van der Waals surface area contributed by atoms with Crippen LogP contribution in [0.15, 0.2) is 30.3 Å². The summed E-state index contributed by atoms with van der Waals surface area (Å²) < 4.78 is 10.5. The molecule has 144 valence electrons. The molecule has 0 fully saturated rings. The van der Waals surface area contributed by atoms with Crippen molar-refractivity contribution in [1.82, 2.24) is 10.6 Å². The van der Waals surface area contributed by atoms with E-state index in [1.807, 2.05) is 45.0 Å². The number of para-hydroxylation sites is 1. The topological polar surface area (TPSA) is 76.7 Å². The molecule has 0 aliphatic carbocycles. The summed E-state index contributed by atoms with van der Waals surface area (Å²) in [4.78, 5) is 24.1. The number of allylic oxidation sites excluding steroid dienone is 1. The number of alkyl carbamates (subject to hydrolysis) is 1. The standard InChI is InChI=1S/C20H30N2O4/c1-14(15-10-8-9-11-16(15)25-7)12-17(23)22-20(5,6)13-21-18(24)26-19(2,3)4/h8-12H,13H2,1-7H3,(H,21,24)(H,22,23)/b14-12+. The Morgan fingerprint density at radius 1 is 1.12 bits per heavy atom. The highest BCUT2D eigenvalue weighted by atomic mass is 16.6. The van der Waals surface area contributed by atoms with Crippen LogP contribution >= 0.6 is 0 Å². The maximum Gasteiger partial charge on any atom is 0.407 e. The molecule has 0 unspecified atom stereocenters. The largest absolute Gasteiger partial charge is 0.496 e. The highest BCUT2D eigenvalue weighted by molar-refractivity contribution is 5.95. The molecule has 2 N–H and O–H groups in total. The molecular formula is C20H30N2O4. The number of methoxy groups -OCH3 is 1. The highest BCUT2D eigenvalue weighted by Gasteiger charge is 2.23. The lowest BCUT2D eigenvalue weighted by atomic mass is 10.0. The second kappa shape index (κ2) is 8.74. The quantitative estimate of drug-likeness (QED) is 0.759. The molecule has 0 bridgehead atoms. The van der Waals surface area contributed by atoms with Crippen molar-refractivity contribution in [2.45, 2.75) is 52.7 Å². The first-order chi connectivity index (χ1) is 11.9. The molecule has 2 amide bonds. The van der Waals surface area contributed by atoms with Crippen LogP contribution in [-0.4, -0.2) is 36.8 Å². The van der Waals surface area contributed by atoms with E-state index in [0.717, 1.165) is 11.1 Å². The van der Waals surface area contributed by atoms with Crippen molar-refractivity contribution in [3.05, 3.63) is 35.9 Å². The fourth-order valence-corrected chi connectivity index (χ4v) is 2.27. The fourth-order valence-electron chi connectivity index (χ4n) is 2.27. The third-order valence-electron chi connectivity index (χ3n) is 3.41. The van der Waals surface area contributed by atoms with Crippen molar-refractivity contribution in [3.8, 4) is 5.75 Å². The Balaban J connectivity index is 2.68. The van der Waals surface area contributed by atoms with Gasteiger partial charge in [-0.15, -0.1) is 0 Å². The van der Waals surface area contributed by atoms with Crippen molar-refractivity contribution < 1.29 is 19.1 Å². The van der Waals surface area contributed by atoms with Gasteiger partial charge in [-0.2, -0.15) is 0 Å². The normalized spacial score (nSPS) is 12.3. The number of hydrogen-bond donors (Lipinski definition) is 2. The molecule has 0 saturated heterocycles. The summed E-state index contributed by atoms with van der Waals surface area (Å²) in [6, 6.07) is 7.51. The molecule has 0 aliphatic rings. The molecular weight excluding hydrogens is 332 g/mol. The number of nitrogens with one attached hydrogen (secondary N) is 2. The van der Waals surface area contributed by atoms with Crippen molar-refractivity contribution in [2.24, 2.45) is 0 Å². The van der Waals surface area contributed by atoms with Crippen molar-refractivity contribution in [2.75, 3.05) is 13.7 Å². The molecule has 0 heterocycles. The Morgan fingerprint density at radius 3 is 2.31 bits per heavy atom. The van der Waals surface area contributed by atoms with E-state index in [0.29, 0.717) is 5.75 Å². The molecule has 6 heteroatoms. The molecule has 0 spiro atoms. The predicted octanol–water partition coefficient (Wildman–Crippen LogP) is 3.52. The molecule has 0 aromatic heterocycles. The average Bonchev–Trinajstić information content (AvgIpc) is 2.50. The van der Waals surface area contributed by atoms with E-state index in [2.05, 4.69) is 10.6 Å². The van der Waals surface area contributed by atoms with Gasteiger partial charge in [-0.3, -0.25) is 4.79 Å². The monoisotopic (exact) mass is 362 g/mol. The molecule has 26 heavy (non-hydrogen) atoms. The van der Waals surface area contributed by atoms with Crippen LogP contribution in [0.5, 0.6) is 5.75 Å². The van der Waals surface area contributed by atoms with E-state index >= 15 is 0 Å². The van der Waals surface area contributed by atoms with Gasteiger partial charge in [0, 0.05) is 18.2 Å². The molecule has 0 aliphatic heterocycles. The van der Waals surface area contributed by atoms with Crippen LogP contribution in [0.3, 0.4) is 0 Å². The smallest absolute Gasteiger partial charge is 0.407 e. The first kappa shape index (κ1) is 21.5. The van der Waals surface area contributed by atoms with Gasteiger partial charge in [0.15, 0.2) is 0 Å². The number of hydrogen-bond acceptors (Lipinski definition) is 4. The summed E-state index contributed by atoms with van der Waals surface area (Å²) in [5.41, 5.74) is 0.447. The Kier molecular flexibility index (Phi) is 7.24. The molecule has 0 radical (unpaired) electrons. The molecule has 1 rings (SSSR count). The Morgan fingerprint density at radius 2 is 1.73 bits per heavy atom. The van der Waals surface area contributed by atoms with Crippen molar-refractivity contribution in [1.29, 1.82) is 0 Å². The van der Waals surface area contributed by atoms with Crippen molar-refractivity contribution in [3.63, 3.8) is 0 Å². The van der Waals surface area contributed by atoms with Crippen molar-refractivity contribution >= 4 is 17.6 Å². The predicted molar refractivity (Wildman–Crippen MR) is 103 cm³/mol. The minimum Gasteiger partial charge on any atom is -0.496 e. The lowest BCUT2D eigenvalue weighted by Crippen LogP contribution is -2.51. The van der Waals surface area contributed by atoms with E-state index in [1.165, 1.54) is 6.08 Å². The minimum absolute atomic E-state index is 0.245. The molecule has 1 aromatic carbocycles. The SMILES string of the molecule is COc1ccccc1/C(C)=C/C(=O)NC(C)(C)CNC(=O)OC(C)(C)C. The zero-order valence-corrected chi connectivity index (χ0v) is 16.7.